The number of aryl methyl sites for hydroxylation is 1. The minimum Gasteiger partial charge on any atom is -0.293 e. The SMILES string of the molecule is CCCCn1c(=O)n(C2CCN(C3(c4ccccc4)CCCCCC3)CC2)c2ccccc21. The Morgan fingerprint density at radius 1 is 0.848 bits per heavy atom. The van der Waals surface area contributed by atoms with E-state index >= 15 is 0 Å². The van der Waals surface area contributed by atoms with Crippen LogP contribution in [0.25, 0.3) is 11.0 Å². The Kier molecular flexibility index (Phi) is 6.73. The number of imidazole rings is 1. The van der Waals surface area contributed by atoms with E-state index in [4.69, 9.17) is 0 Å². The summed E-state index contributed by atoms with van der Waals surface area (Å²) in [6.45, 7) is 5.15. The minimum absolute atomic E-state index is 0.169. The van der Waals surface area contributed by atoms with Gasteiger partial charge < -0.3 is 0 Å². The van der Waals surface area contributed by atoms with Gasteiger partial charge in [-0.3, -0.25) is 14.0 Å². The summed E-state index contributed by atoms with van der Waals surface area (Å²) in [6.07, 6.45) is 12.1. The fourth-order valence-corrected chi connectivity index (χ4v) is 6.52. The van der Waals surface area contributed by atoms with Crippen molar-refractivity contribution in [3.63, 3.8) is 0 Å². The Hall–Kier alpha value is -2.33. The molecule has 4 nitrogen and oxygen atoms in total. The van der Waals surface area contributed by atoms with Crippen LogP contribution in [0.15, 0.2) is 59.4 Å². The second kappa shape index (κ2) is 9.89. The van der Waals surface area contributed by atoms with Crippen LogP contribution in [0.2, 0.25) is 0 Å². The molecule has 2 fully saturated rings. The Bertz CT molecular complexity index is 1100. The molecule has 2 aromatic carbocycles. The van der Waals surface area contributed by atoms with Gasteiger partial charge in [-0.1, -0.05) is 81.5 Å². The predicted molar refractivity (Wildman–Crippen MR) is 137 cm³/mol. The summed E-state index contributed by atoms with van der Waals surface area (Å²) in [5, 5.41) is 0. The van der Waals surface area contributed by atoms with Crippen LogP contribution < -0.4 is 5.69 Å². The van der Waals surface area contributed by atoms with Gasteiger partial charge >= 0.3 is 5.69 Å². The number of unbranched alkanes of at least 4 members (excludes halogenated alkanes) is 1. The molecule has 0 radical (unpaired) electrons. The van der Waals surface area contributed by atoms with Crippen LogP contribution in [0.4, 0.5) is 0 Å². The number of likely N-dealkylation sites (tertiary alicyclic amines) is 1. The molecule has 0 unspecified atom stereocenters. The molecule has 1 aliphatic carbocycles. The third-order valence-corrected chi connectivity index (χ3v) is 8.28. The number of benzene rings is 2. The number of hydrogen-bond donors (Lipinski definition) is 0. The van der Waals surface area contributed by atoms with Crippen molar-refractivity contribution in [2.24, 2.45) is 0 Å². The molecule has 3 aromatic rings. The molecule has 0 spiro atoms. The molecular formula is C29H39N3O. The average molecular weight is 446 g/mol. The standard InChI is InChI=1S/C29H39N3O/c1-2-3-21-31-26-15-9-10-16-27(26)32(28(31)33)25-17-22-30(23-18-25)29(19-11-4-5-12-20-29)24-13-7-6-8-14-24/h6-10,13-16,25H,2-5,11-12,17-23H2,1H3. The van der Waals surface area contributed by atoms with Crippen LogP contribution in [0.5, 0.6) is 0 Å². The van der Waals surface area contributed by atoms with Crippen molar-refractivity contribution in [3.05, 3.63) is 70.6 Å². The van der Waals surface area contributed by atoms with Crippen LogP contribution in [0.1, 0.15) is 82.7 Å². The van der Waals surface area contributed by atoms with Crippen molar-refractivity contribution >= 4 is 11.0 Å². The molecule has 2 aliphatic rings. The number of para-hydroxylation sites is 2. The molecular weight excluding hydrogens is 406 g/mol. The summed E-state index contributed by atoms with van der Waals surface area (Å²) >= 11 is 0. The first-order chi connectivity index (χ1) is 16.2. The van der Waals surface area contributed by atoms with E-state index in [2.05, 4.69) is 71.0 Å². The molecule has 0 amide bonds. The van der Waals surface area contributed by atoms with Crippen molar-refractivity contribution in [3.8, 4) is 0 Å². The molecule has 0 bridgehead atoms. The second-order valence-corrected chi connectivity index (χ2v) is 10.2. The molecule has 0 atom stereocenters. The lowest BCUT2D eigenvalue weighted by Gasteiger charge is -2.47. The van der Waals surface area contributed by atoms with Gasteiger partial charge in [-0.2, -0.15) is 0 Å². The highest BCUT2D eigenvalue weighted by atomic mass is 16.1. The molecule has 1 saturated heterocycles. The van der Waals surface area contributed by atoms with Gasteiger partial charge in [0, 0.05) is 31.2 Å². The van der Waals surface area contributed by atoms with Crippen molar-refractivity contribution < 1.29 is 0 Å². The lowest BCUT2D eigenvalue weighted by Crippen LogP contribution is -2.50. The van der Waals surface area contributed by atoms with Crippen molar-refractivity contribution in [1.82, 2.24) is 14.0 Å². The maximum atomic E-state index is 13.5. The fraction of sp³-hybridized carbons (Fsp3) is 0.552. The third kappa shape index (κ3) is 4.19. The topological polar surface area (TPSA) is 30.2 Å². The molecule has 4 heteroatoms. The largest absolute Gasteiger partial charge is 0.329 e. The summed E-state index contributed by atoms with van der Waals surface area (Å²) in [5.74, 6) is 0. The lowest BCUT2D eigenvalue weighted by atomic mass is 9.79. The highest BCUT2D eigenvalue weighted by molar-refractivity contribution is 5.76. The Labute approximate surface area is 198 Å². The number of fused-ring (bicyclic) bond motifs is 1. The number of rotatable bonds is 6. The first-order valence-electron chi connectivity index (χ1n) is 13.2. The maximum Gasteiger partial charge on any atom is 0.329 e. The Morgan fingerprint density at radius 2 is 1.48 bits per heavy atom. The highest BCUT2D eigenvalue weighted by Crippen LogP contribution is 2.43. The zero-order valence-electron chi connectivity index (χ0n) is 20.2. The van der Waals surface area contributed by atoms with Crippen LogP contribution >= 0.6 is 0 Å². The third-order valence-electron chi connectivity index (χ3n) is 8.28. The number of piperidine rings is 1. The van der Waals surface area contributed by atoms with Gasteiger partial charge in [-0.15, -0.1) is 0 Å². The first kappa shape index (κ1) is 22.5. The van der Waals surface area contributed by atoms with E-state index in [1.165, 1.54) is 44.1 Å². The Morgan fingerprint density at radius 3 is 2.15 bits per heavy atom. The van der Waals surface area contributed by atoms with Gasteiger partial charge in [0.05, 0.1) is 11.0 Å². The van der Waals surface area contributed by atoms with Crippen molar-refractivity contribution in [2.75, 3.05) is 13.1 Å². The lowest BCUT2D eigenvalue weighted by molar-refractivity contribution is 0.0354. The van der Waals surface area contributed by atoms with Gasteiger partial charge in [0.15, 0.2) is 0 Å². The van der Waals surface area contributed by atoms with Gasteiger partial charge in [0.25, 0.3) is 0 Å². The van der Waals surface area contributed by atoms with Gasteiger partial charge in [-0.25, -0.2) is 4.79 Å². The molecule has 2 heterocycles. The van der Waals surface area contributed by atoms with Gasteiger partial charge in [-0.05, 0) is 49.8 Å². The van der Waals surface area contributed by atoms with E-state index in [0.717, 1.165) is 56.4 Å². The monoisotopic (exact) mass is 445 g/mol. The summed E-state index contributed by atoms with van der Waals surface area (Å²) in [5.41, 5.74) is 4.07. The van der Waals surface area contributed by atoms with Crippen LogP contribution in [-0.4, -0.2) is 27.1 Å². The fourth-order valence-electron chi connectivity index (χ4n) is 6.52. The molecule has 5 rings (SSSR count). The van der Waals surface area contributed by atoms with Gasteiger partial charge in [0.1, 0.15) is 0 Å². The Balaban J connectivity index is 1.42. The smallest absolute Gasteiger partial charge is 0.293 e. The van der Waals surface area contributed by atoms with E-state index in [-0.39, 0.29) is 11.2 Å². The number of aromatic nitrogens is 2. The average Bonchev–Trinajstić information content (AvgIpc) is 3.00. The van der Waals surface area contributed by atoms with Crippen LogP contribution in [0.3, 0.4) is 0 Å². The first-order valence-corrected chi connectivity index (χ1v) is 13.2. The van der Waals surface area contributed by atoms with E-state index in [0.29, 0.717) is 6.04 Å². The molecule has 33 heavy (non-hydrogen) atoms. The van der Waals surface area contributed by atoms with E-state index in [1.807, 2.05) is 4.57 Å². The minimum atomic E-state index is 0.169. The van der Waals surface area contributed by atoms with Crippen LogP contribution in [0, 0.1) is 0 Å². The second-order valence-electron chi connectivity index (χ2n) is 10.2. The number of nitrogens with zero attached hydrogens (tertiary/aromatic N) is 3. The zero-order valence-corrected chi connectivity index (χ0v) is 20.2. The maximum absolute atomic E-state index is 13.5. The summed E-state index contributed by atoms with van der Waals surface area (Å²) in [4.78, 5) is 16.3. The van der Waals surface area contributed by atoms with Crippen molar-refractivity contribution in [2.45, 2.75) is 89.3 Å². The van der Waals surface area contributed by atoms with E-state index < -0.39 is 0 Å². The summed E-state index contributed by atoms with van der Waals surface area (Å²) in [6, 6.07) is 19.9. The van der Waals surface area contributed by atoms with Gasteiger partial charge in [0.2, 0.25) is 0 Å². The van der Waals surface area contributed by atoms with E-state index in [9.17, 15) is 4.79 Å². The van der Waals surface area contributed by atoms with Crippen molar-refractivity contribution in [1.29, 1.82) is 0 Å². The molecule has 1 aliphatic heterocycles. The molecule has 1 saturated carbocycles. The number of hydrogen-bond acceptors (Lipinski definition) is 2. The highest BCUT2D eigenvalue weighted by Gasteiger charge is 2.40. The molecule has 0 N–H and O–H groups in total. The quantitative estimate of drug-likeness (QED) is 0.406. The predicted octanol–water partition coefficient (Wildman–Crippen LogP) is 6.49. The zero-order chi connectivity index (χ0) is 22.7. The summed E-state index contributed by atoms with van der Waals surface area (Å²) < 4.78 is 4.15. The molecule has 1 aromatic heterocycles. The van der Waals surface area contributed by atoms with Crippen LogP contribution in [-0.2, 0) is 12.1 Å². The molecule has 176 valence electrons. The van der Waals surface area contributed by atoms with E-state index in [1.54, 1.807) is 0 Å². The normalized spacial score (nSPS) is 20.2. The summed E-state index contributed by atoms with van der Waals surface area (Å²) in [7, 11) is 0.